The lowest BCUT2D eigenvalue weighted by Gasteiger charge is -2.01. The van der Waals surface area contributed by atoms with Crippen LogP contribution in [0.3, 0.4) is 0 Å². The summed E-state index contributed by atoms with van der Waals surface area (Å²) >= 11 is 0. The first-order valence-corrected chi connectivity index (χ1v) is 4.54. The first-order chi connectivity index (χ1) is 4.79. The van der Waals surface area contributed by atoms with Crippen LogP contribution in [0.5, 0.6) is 0 Å². The highest BCUT2D eigenvalue weighted by Gasteiger charge is 1.95. The second-order valence-corrected chi connectivity index (χ2v) is 4.47. The smallest absolute Gasteiger partial charge is 0.0602 e. The lowest BCUT2D eigenvalue weighted by molar-refractivity contribution is 1.11. The Morgan fingerprint density at radius 2 is 2.20 bits per heavy atom. The van der Waals surface area contributed by atoms with Gasteiger partial charge < -0.3 is 0 Å². The summed E-state index contributed by atoms with van der Waals surface area (Å²) in [4.78, 5) is 4.23. The molecule has 54 valence electrons. The summed E-state index contributed by atoms with van der Waals surface area (Å²) in [5, 5.41) is 0. The van der Waals surface area contributed by atoms with E-state index in [4.69, 9.17) is 0 Å². The summed E-state index contributed by atoms with van der Waals surface area (Å²) in [7, 11) is 0.850. The van der Waals surface area contributed by atoms with E-state index in [1.807, 2.05) is 18.3 Å². The van der Waals surface area contributed by atoms with Crippen molar-refractivity contribution in [3.63, 3.8) is 0 Å². The third-order valence-corrected chi connectivity index (χ3v) is 2.27. The molecule has 0 aliphatic heterocycles. The monoisotopic (exact) mass is 153 g/mol. The Hall–Kier alpha value is -0.420. The minimum absolute atomic E-state index is 0.731. The molecule has 1 aromatic rings. The van der Waals surface area contributed by atoms with Gasteiger partial charge in [0.25, 0.3) is 0 Å². The Morgan fingerprint density at radius 1 is 1.40 bits per heavy atom. The predicted octanol–water partition coefficient (Wildman–Crippen LogP) is 1.79. The van der Waals surface area contributed by atoms with Crippen molar-refractivity contribution in [2.45, 2.75) is 19.5 Å². The van der Waals surface area contributed by atoms with Crippen LogP contribution >= 0.6 is 8.58 Å². The van der Waals surface area contributed by atoms with Crippen molar-refractivity contribution in [2.75, 3.05) is 0 Å². The van der Waals surface area contributed by atoms with Gasteiger partial charge in [-0.1, -0.05) is 28.5 Å². The number of hydrogen-bond acceptors (Lipinski definition) is 1. The van der Waals surface area contributed by atoms with E-state index < -0.39 is 0 Å². The number of hydrogen-bond donors (Lipinski definition) is 0. The molecule has 0 bridgehead atoms. The maximum atomic E-state index is 4.23. The van der Waals surface area contributed by atoms with E-state index in [0.717, 1.165) is 14.2 Å². The molecule has 1 unspecified atom stereocenters. The lowest BCUT2D eigenvalue weighted by Crippen LogP contribution is -2.02. The minimum Gasteiger partial charge on any atom is -0.257 e. The van der Waals surface area contributed by atoms with Gasteiger partial charge in [0.05, 0.1) is 5.44 Å². The average Bonchev–Trinajstić information content (AvgIpc) is 1.88. The number of aromatic nitrogens is 1. The quantitative estimate of drug-likeness (QED) is 0.590. The van der Waals surface area contributed by atoms with Gasteiger partial charge in [-0.2, -0.15) is 0 Å². The molecule has 0 fully saturated rings. The Labute approximate surface area is 63.7 Å². The van der Waals surface area contributed by atoms with Crippen LogP contribution in [0.15, 0.2) is 24.4 Å². The van der Waals surface area contributed by atoms with Crippen LogP contribution in [0.4, 0.5) is 0 Å². The van der Waals surface area contributed by atoms with Gasteiger partial charge in [-0.3, -0.25) is 4.98 Å². The van der Waals surface area contributed by atoms with Gasteiger partial charge >= 0.3 is 0 Å². The van der Waals surface area contributed by atoms with Crippen molar-refractivity contribution in [1.29, 1.82) is 0 Å². The molecule has 0 saturated carbocycles. The zero-order valence-corrected chi connectivity index (χ0v) is 7.33. The highest BCUT2D eigenvalue weighted by atomic mass is 31.1. The van der Waals surface area contributed by atoms with Gasteiger partial charge in [-0.25, -0.2) is 0 Å². The van der Waals surface area contributed by atoms with Crippen molar-refractivity contribution in [1.82, 2.24) is 4.98 Å². The van der Waals surface area contributed by atoms with E-state index in [1.54, 1.807) is 0 Å². The number of rotatable bonds is 2. The molecular weight excluding hydrogens is 141 g/mol. The Bertz CT molecular complexity index is 184. The van der Waals surface area contributed by atoms with Gasteiger partial charge in [0.15, 0.2) is 0 Å². The maximum absolute atomic E-state index is 4.23. The highest BCUT2D eigenvalue weighted by Crippen LogP contribution is 2.14. The van der Waals surface area contributed by atoms with Crippen LogP contribution in [0.1, 0.15) is 13.8 Å². The molecule has 10 heavy (non-hydrogen) atoms. The van der Waals surface area contributed by atoms with Gasteiger partial charge in [0, 0.05) is 6.20 Å². The van der Waals surface area contributed by atoms with Crippen molar-refractivity contribution in [2.24, 2.45) is 0 Å². The Balaban J connectivity index is 2.59. The Kier molecular flexibility index (Phi) is 2.82. The molecule has 0 aromatic carbocycles. The third kappa shape index (κ3) is 2.45. The molecule has 1 rings (SSSR count). The number of pyridine rings is 1. The van der Waals surface area contributed by atoms with Crippen molar-refractivity contribution in [3.05, 3.63) is 24.4 Å². The van der Waals surface area contributed by atoms with E-state index in [1.165, 1.54) is 5.44 Å². The third-order valence-electron chi connectivity index (χ3n) is 1.10. The fourth-order valence-electron chi connectivity index (χ4n) is 0.744. The average molecular weight is 153 g/mol. The van der Waals surface area contributed by atoms with E-state index in [2.05, 4.69) is 24.9 Å². The fourth-order valence-corrected chi connectivity index (χ4v) is 1.68. The van der Waals surface area contributed by atoms with Crippen LogP contribution < -0.4 is 5.44 Å². The summed E-state index contributed by atoms with van der Waals surface area (Å²) in [6.07, 6.45) is 1.85. The van der Waals surface area contributed by atoms with Crippen LogP contribution in [-0.4, -0.2) is 10.6 Å². The summed E-state index contributed by atoms with van der Waals surface area (Å²) in [6.45, 7) is 4.43. The summed E-state index contributed by atoms with van der Waals surface area (Å²) in [5.41, 5.74) is 1.95. The summed E-state index contributed by atoms with van der Waals surface area (Å²) < 4.78 is 0. The molecule has 1 aromatic heterocycles. The van der Waals surface area contributed by atoms with Crippen molar-refractivity contribution in [3.8, 4) is 0 Å². The largest absolute Gasteiger partial charge is 0.257 e. The molecule has 0 radical (unpaired) electrons. The predicted molar refractivity (Wildman–Crippen MR) is 47.3 cm³/mol. The Morgan fingerprint density at radius 3 is 2.70 bits per heavy atom. The normalized spacial score (nSPS) is 11.5. The van der Waals surface area contributed by atoms with E-state index in [0.29, 0.717) is 0 Å². The standard InChI is InChI=1S/C8H12NP/c1-7(2)10-8-5-3-4-6-9-8/h3-7,10H,1-2H3. The van der Waals surface area contributed by atoms with Crippen molar-refractivity contribution < 1.29 is 0 Å². The number of nitrogens with zero attached hydrogens (tertiary/aromatic N) is 1. The maximum Gasteiger partial charge on any atom is 0.0602 e. The van der Waals surface area contributed by atoms with Gasteiger partial charge in [-0.05, 0) is 17.8 Å². The first kappa shape index (κ1) is 7.68. The van der Waals surface area contributed by atoms with E-state index in [-0.39, 0.29) is 0 Å². The summed E-state index contributed by atoms with van der Waals surface area (Å²) in [6, 6.07) is 6.07. The molecule has 0 spiro atoms. The van der Waals surface area contributed by atoms with E-state index in [9.17, 15) is 0 Å². The summed E-state index contributed by atoms with van der Waals surface area (Å²) in [5.74, 6) is 0. The SMILES string of the molecule is CC(C)Pc1ccccn1. The molecule has 0 saturated heterocycles. The molecule has 0 aliphatic rings. The van der Waals surface area contributed by atoms with Crippen LogP contribution in [0.2, 0.25) is 0 Å². The molecular formula is C8H12NP. The lowest BCUT2D eigenvalue weighted by atomic mass is 10.5. The molecule has 0 aliphatic carbocycles. The minimum atomic E-state index is 0.731. The van der Waals surface area contributed by atoms with Gasteiger partial charge in [0.1, 0.15) is 0 Å². The molecule has 2 heteroatoms. The molecule has 0 N–H and O–H groups in total. The zero-order chi connectivity index (χ0) is 7.40. The van der Waals surface area contributed by atoms with Crippen molar-refractivity contribution >= 4 is 14.0 Å². The fraction of sp³-hybridized carbons (Fsp3) is 0.375. The second-order valence-electron chi connectivity index (χ2n) is 2.51. The van der Waals surface area contributed by atoms with Gasteiger partial charge in [0.2, 0.25) is 0 Å². The van der Waals surface area contributed by atoms with Crippen LogP contribution in [0, 0.1) is 0 Å². The second kappa shape index (κ2) is 3.68. The van der Waals surface area contributed by atoms with E-state index >= 15 is 0 Å². The molecule has 0 amide bonds. The molecule has 1 nitrogen and oxygen atoms in total. The highest BCUT2D eigenvalue weighted by molar-refractivity contribution is 7.47. The van der Waals surface area contributed by atoms with Crippen LogP contribution in [0.25, 0.3) is 0 Å². The zero-order valence-electron chi connectivity index (χ0n) is 6.33. The first-order valence-electron chi connectivity index (χ1n) is 3.46. The van der Waals surface area contributed by atoms with Crippen LogP contribution in [-0.2, 0) is 0 Å². The molecule has 1 heterocycles. The molecule has 1 atom stereocenters. The van der Waals surface area contributed by atoms with Gasteiger partial charge in [-0.15, -0.1) is 0 Å². The topological polar surface area (TPSA) is 12.9 Å².